The van der Waals surface area contributed by atoms with E-state index in [4.69, 9.17) is 0 Å². The summed E-state index contributed by atoms with van der Waals surface area (Å²) in [5.41, 5.74) is 0. The van der Waals surface area contributed by atoms with Gasteiger partial charge < -0.3 is 5.32 Å². The summed E-state index contributed by atoms with van der Waals surface area (Å²) in [6.45, 7) is 3.72. The Kier molecular flexibility index (Phi) is 7.25. The van der Waals surface area contributed by atoms with Crippen LogP contribution in [0.3, 0.4) is 0 Å². The zero-order valence-corrected chi connectivity index (χ0v) is 16.1. The fourth-order valence-electron chi connectivity index (χ4n) is 3.03. The van der Waals surface area contributed by atoms with Gasteiger partial charge in [-0.05, 0) is 30.2 Å². The van der Waals surface area contributed by atoms with E-state index in [2.05, 4.69) is 10.0 Å². The van der Waals surface area contributed by atoms with Gasteiger partial charge in [0, 0.05) is 6.04 Å². The number of carbonyl (C=O) groups excluding carboxylic acids is 1. The highest BCUT2D eigenvalue weighted by Crippen LogP contribution is 2.19. The topological polar surface area (TPSA) is 75.3 Å². The SMILES string of the molecule is CC(C)[C@H](NS(=O)(=O)c1cccs1)C(=O)NC1CCCCCCC1. The third-order valence-corrected chi connectivity index (χ3v) is 7.28. The predicted octanol–water partition coefficient (Wildman–Crippen LogP) is 3.28. The third kappa shape index (κ3) is 5.57. The minimum absolute atomic E-state index is 0.117. The highest BCUT2D eigenvalue weighted by atomic mass is 32.2. The Morgan fingerprint density at radius 1 is 1.17 bits per heavy atom. The molecule has 1 amide bonds. The summed E-state index contributed by atoms with van der Waals surface area (Å²) < 4.78 is 27.7. The quantitative estimate of drug-likeness (QED) is 0.805. The van der Waals surface area contributed by atoms with E-state index in [1.807, 2.05) is 13.8 Å². The first-order valence-corrected chi connectivity index (χ1v) is 11.1. The number of sulfonamides is 1. The van der Waals surface area contributed by atoms with Crippen molar-refractivity contribution in [2.24, 2.45) is 5.92 Å². The maximum atomic E-state index is 12.7. The number of amides is 1. The molecule has 1 fully saturated rings. The molecule has 0 aliphatic heterocycles. The van der Waals surface area contributed by atoms with E-state index >= 15 is 0 Å². The molecule has 1 heterocycles. The molecule has 0 saturated heterocycles. The molecular formula is C17H28N2O3S2. The summed E-state index contributed by atoms with van der Waals surface area (Å²) >= 11 is 1.15. The molecule has 0 spiro atoms. The highest BCUT2D eigenvalue weighted by Gasteiger charge is 2.30. The van der Waals surface area contributed by atoms with Crippen LogP contribution < -0.4 is 10.0 Å². The molecule has 1 aromatic heterocycles. The van der Waals surface area contributed by atoms with Gasteiger partial charge >= 0.3 is 0 Å². The third-order valence-electron chi connectivity index (χ3n) is 4.44. The number of carbonyl (C=O) groups is 1. The molecule has 0 bridgehead atoms. The fraction of sp³-hybridized carbons (Fsp3) is 0.706. The van der Waals surface area contributed by atoms with Crippen LogP contribution >= 0.6 is 11.3 Å². The fourth-order valence-corrected chi connectivity index (χ4v) is 5.38. The molecule has 0 aromatic carbocycles. The Hall–Kier alpha value is -0.920. The van der Waals surface area contributed by atoms with Gasteiger partial charge in [-0.25, -0.2) is 8.42 Å². The van der Waals surface area contributed by atoms with Crippen molar-refractivity contribution in [1.82, 2.24) is 10.0 Å². The van der Waals surface area contributed by atoms with Crippen molar-refractivity contribution in [2.45, 2.75) is 75.1 Å². The van der Waals surface area contributed by atoms with E-state index < -0.39 is 16.1 Å². The van der Waals surface area contributed by atoms with Crippen molar-refractivity contribution in [1.29, 1.82) is 0 Å². The number of hydrogen-bond acceptors (Lipinski definition) is 4. The van der Waals surface area contributed by atoms with Crippen LogP contribution in [0.2, 0.25) is 0 Å². The molecule has 1 atom stereocenters. The molecule has 2 rings (SSSR count). The first-order chi connectivity index (χ1) is 11.4. The summed E-state index contributed by atoms with van der Waals surface area (Å²) in [5.74, 6) is -0.330. The number of rotatable bonds is 6. The number of hydrogen-bond donors (Lipinski definition) is 2. The van der Waals surface area contributed by atoms with E-state index in [0.29, 0.717) is 0 Å². The molecule has 1 aliphatic rings. The van der Waals surface area contributed by atoms with Gasteiger partial charge in [-0.3, -0.25) is 4.79 Å². The van der Waals surface area contributed by atoms with Crippen molar-refractivity contribution in [3.05, 3.63) is 17.5 Å². The summed E-state index contributed by atoms with van der Waals surface area (Å²) in [6.07, 6.45) is 7.91. The van der Waals surface area contributed by atoms with E-state index in [1.165, 1.54) is 19.3 Å². The minimum Gasteiger partial charge on any atom is -0.352 e. The van der Waals surface area contributed by atoms with Crippen LogP contribution in [0.1, 0.15) is 58.8 Å². The van der Waals surface area contributed by atoms with Gasteiger partial charge in [-0.1, -0.05) is 52.0 Å². The Morgan fingerprint density at radius 2 is 1.79 bits per heavy atom. The monoisotopic (exact) mass is 372 g/mol. The lowest BCUT2D eigenvalue weighted by molar-refractivity contribution is -0.124. The second-order valence-corrected chi connectivity index (χ2v) is 9.71. The molecule has 1 aliphatic carbocycles. The molecular weight excluding hydrogens is 344 g/mol. The van der Waals surface area contributed by atoms with Gasteiger partial charge in [-0.15, -0.1) is 11.3 Å². The molecule has 7 heteroatoms. The van der Waals surface area contributed by atoms with Crippen molar-refractivity contribution in [3.8, 4) is 0 Å². The Labute approximate surface area is 149 Å². The molecule has 1 aromatic rings. The van der Waals surface area contributed by atoms with Crippen molar-refractivity contribution in [3.63, 3.8) is 0 Å². The van der Waals surface area contributed by atoms with E-state index in [9.17, 15) is 13.2 Å². The summed E-state index contributed by atoms with van der Waals surface area (Å²) in [7, 11) is -3.65. The molecule has 2 N–H and O–H groups in total. The second kappa shape index (κ2) is 8.97. The summed E-state index contributed by atoms with van der Waals surface area (Å²) in [6, 6.07) is 2.66. The average Bonchev–Trinajstić information content (AvgIpc) is 3.02. The van der Waals surface area contributed by atoms with Crippen LogP contribution in [0.5, 0.6) is 0 Å². The largest absolute Gasteiger partial charge is 0.352 e. The maximum absolute atomic E-state index is 12.7. The van der Waals surface area contributed by atoms with Crippen molar-refractivity contribution in [2.75, 3.05) is 0 Å². The van der Waals surface area contributed by atoms with Gasteiger partial charge in [-0.2, -0.15) is 4.72 Å². The highest BCUT2D eigenvalue weighted by molar-refractivity contribution is 7.91. The van der Waals surface area contributed by atoms with Crippen LogP contribution in [0.25, 0.3) is 0 Å². The Balaban J connectivity index is 2.02. The summed E-state index contributed by atoms with van der Waals surface area (Å²) in [4.78, 5) is 12.7. The second-order valence-electron chi connectivity index (χ2n) is 6.83. The lowest BCUT2D eigenvalue weighted by Crippen LogP contribution is -2.52. The Morgan fingerprint density at radius 3 is 2.33 bits per heavy atom. The average molecular weight is 373 g/mol. The first kappa shape index (κ1) is 19.4. The number of thiophene rings is 1. The van der Waals surface area contributed by atoms with Crippen molar-refractivity contribution < 1.29 is 13.2 Å². The van der Waals surface area contributed by atoms with Crippen LogP contribution in [-0.4, -0.2) is 26.4 Å². The zero-order valence-electron chi connectivity index (χ0n) is 14.5. The van der Waals surface area contributed by atoms with Crippen LogP contribution in [0.4, 0.5) is 0 Å². The number of nitrogens with one attached hydrogen (secondary N) is 2. The minimum atomic E-state index is -3.65. The summed E-state index contributed by atoms with van der Waals surface area (Å²) in [5, 5.41) is 4.79. The lowest BCUT2D eigenvalue weighted by Gasteiger charge is -2.26. The molecule has 0 unspecified atom stereocenters. The smallest absolute Gasteiger partial charge is 0.250 e. The van der Waals surface area contributed by atoms with E-state index in [0.717, 1.165) is 37.0 Å². The van der Waals surface area contributed by atoms with Gasteiger partial charge in [0.1, 0.15) is 10.3 Å². The van der Waals surface area contributed by atoms with Gasteiger partial charge in [0.05, 0.1) is 0 Å². The van der Waals surface area contributed by atoms with Gasteiger partial charge in [0.15, 0.2) is 0 Å². The standard InChI is InChI=1S/C17H28N2O3S2/c1-13(2)16(19-24(21,22)15-11-8-12-23-15)17(20)18-14-9-6-4-3-5-7-10-14/h8,11-14,16,19H,3-7,9-10H2,1-2H3,(H,18,20)/t16-/m0/s1. The normalized spacial score (nSPS) is 18.8. The first-order valence-electron chi connectivity index (χ1n) is 8.76. The predicted molar refractivity (Wildman–Crippen MR) is 97.5 cm³/mol. The van der Waals surface area contributed by atoms with E-state index in [1.54, 1.807) is 17.5 Å². The van der Waals surface area contributed by atoms with Crippen LogP contribution in [-0.2, 0) is 14.8 Å². The van der Waals surface area contributed by atoms with Crippen molar-refractivity contribution >= 4 is 27.3 Å². The van der Waals surface area contributed by atoms with Crippen LogP contribution in [0, 0.1) is 5.92 Å². The van der Waals surface area contributed by atoms with Crippen LogP contribution in [0.15, 0.2) is 21.7 Å². The molecule has 1 saturated carbocycles. The van der Waals surface area contributed by atoms with E-state index in [-0.39, 0.29) is 22.1 Å². The van der Waals surface area contributed by atoms with Gasteiger partial charge in [0.25, 0.3) is 10.0 Å². The Bertz CT molecular complexity index is 604. The molecule has 24 heavy (non-hydrogen) atoms. The maximum Gasteiger partial charge on any atom is 0.250 e. The zero-order chi connectivity index (χ0) is 17.6. The molecule has 0 radical (unpaired) electrons. The van der Waals surface area contributed by atoms with Gasteiger partial charge in [0.2, 0.25) is 5.91 Å². The molecule has 5 nitrogen and oxygen atoms in total. The lowest BCUT2D eigenvalue weighted by atomic mass is 9.96. The molecule has 136 valence electrons.